The molecule has 0 atom stereocenters. The van der Waals surface area contributed by atoms with E-state index in [0.717, 1.165) is 22.5 Å². The van der Waals surface area contributed by atoms with E-state index in [1.165, 1.54) is 31.3 Å². The van der Waals surface area contributed by atoms with Gasteiger partial charge in [-0.1, -0.05) is 18.2 Å². The molecule has 0 aliphatic rings. The quantitative estimate of drug-likeness (QED) is 0.535. The van der Waals surface area contributed by atoms with Crippen LogP contribution in [0, 0.1) is 23.0 Å². The Balaban J connectivity index is 2.03. The molecule has 33 heavy (non-hydrogen) atoms. The number of ether oxygens (including phenoxy) is 1. The number of hydrogen-bond acceptors (Lipinski definition) is 5. The normalized spacial score (nSPS) is 11.2. The number of sulfonamides is 1. The minimum absolute atomic E-state index is 0.0301. The number of carboxylic acid groups (broad SMARTS) is 1. The van der Waals surface area contributed by atoms with Gasteiger partial charge in [0.2, 0.25) is 10.0 Å². The van der Waals surface area contributed by atoms with Crippen molar-refractivity contribution >= 4 is 16.0 Å². The minimum Gasteiger partial charge on any atom is -0.481 e. The second-order valence-corrected chi connectivity index (χ2v) is 9.08. The molecule has 0 aromatic heterocycles. The number of carboxylic acids is 1. The maximum absolute atomic E-state index is 14.9. The Labute approximate surface area is 189 Å². The first-order chi connectivity index (χ1) is 15.6. The summed E-state index contributed by atoms with van der Waals surface area (Å²) in [7, 11) is -2.89. The van der Waals surface area contributed by atoms with E-state index in [0.29, 0.717) is 11.1 Å². The first kappa shape index (κ1) is 23.8. The van der Waals surface area contributed by atoms with Crippen LogP contribution in [0.1, 0.15) is 11.1 Å². The number of rotatable bonds is 8. The molecular weight excluding hydrogens is 454 g/mol. The zero-order valence-electron chi connectivity index (χ0n) is 17.3. The summed E-state index contributed by atoms with van der Waals surface area (Å²) in [6, 6.07) is 15.0. The SMILES string of the molecule is CN(Cc1cc(-c2cccc(C#N)c2)c(OCC(=O)O)cc1F)S(=O)(=O)c1cccc(F)c1. The molecule has 170 valence electrons. The monoisotopic (exact) mass is 472 g/mol. The van der Waals surface area contributed by atoms with E-state index in [9.17, 15) is 27.3 Å². The molecule has 0 bridgehead atoms. The van der Waals surface area contributed by atoms with Gasteiger partial charge in [-0.3, -0.25) is 0 Å². The standard InChI is InChI=1S/C23H18F2N2O5S/c1-27(33(30,31)19-7-3-6-18(24)10-19)13-17-9-20(16-5-2-4-15(8-16)12-26)22(11-21(17)25)32-14-23(28)29/h2-11H,13-14H2,1H3,(H,28,29). The molecule has 3 aromatic rings. The summed E-state index contributed by atoms with van der Waals surface area (Å²) in [6.07, 6.45) is 0. The fraction of sp³-hybridized carbons (Fsp3) is 0.130. The third kappa shape index (κ3) is 5.52. The highest BCUT2D eigenvalue weighted by Crippen LogP contribution is 2.34. The van der Waals surface area contributed by atoms with E-state index in [2.05, 4.69) is 0 Å². The van der Waals surface area contributed by atoms with Gasteiger partial charge < -0.3 is 9.84 Å². The van der Waals surface area contributed by atoms with Crippen LogP contribution in [0.4, 0.5) is 8.78 Å². The van der Waals surface area contributed by atoms with E-state index in [1.807, 2.05) is 6.07 Å². The van der Waals surface area contributed by atoms with Gasteiger partial charge in [-0.15, -0.1) is 0 Å². The number of nitrogens with zero attached hydrogens (tertiary/aromatic N) is 2. The summed E-state index contributed by atoms with van der Waals surface area (Å²) in [5.41, 5.74) is 1.01. The lowest BCUT2D eigenvalue weighted by Gasteiger charge is -2.19. The van der Waals surface area contributed by atoms with Crippen LogP contribution < -0.4 is 4.74 Å². The van der Waals surface area contributed by atoms with Crippen LogP contribution in [0.25, 0.3) is 11.1 Å². The summed E-state index contributed by atoms with van der Waals surface area (Å²) < 4.78 is 60.1. The molecule has 0 saturated heterocycles. The minimum atomic E-state index is -4.12. The van der Waals surface area contributed by atoms with Crippen molar-refractivity contribution in [2.24, 2.45) is 0 Å². The molecule has 0 saturated carbocycles. The molecular formula is C23H18F2N2O5S. The molecule has 0 aliphatic heterocycles. The molecule has 1 N–H and O–H groups in total. The van der Waals surface area contributed by atoms with Gasteiger partial charge in [-0.2, -0.15) is 9.57 Å². The van der Waals surface area contributed by atoms with E-state index >= 15 is 0 Å². The van der Waals surface area contributed by atoms with Crippen LogP contribution in [0.3, 0.4) is 0 Å². The number of halogens is 2. The summed E-state index contributed by atoms with van der Waals surface area (Å²) >= 11 is 0. The maximum atomic E-state index is 14.9. The van der Waals surface area contributed by atoms with Gasteiger partial charge >= 0.3 is 5.97 Å². The molecule has 0 amide bonds. The van der Waals surface area contributed by atoms with Gasteiger partial charge in [0.15, 0.2) is 6.61 Å². The van der Waals surface area contributed by atoms with Crippen molar-refractivity contribution in [3.8, 4) is 22.9 Å². The van der Waals surface area contributed by atoms with Crippen molar-refractivity contribution in [1.29, 1.82) is 5.26 Å². The van der Waals surface area contributed by atoms with Crippen LogP contribution >= 0.6 is 0 Å². The highest BCUT2D eigenvalue weighted by atomic mass is 32.2. The lowest BCUT2D eigenvalue weighted by molar-refractivity contribution is -0.139. The predicted octanol–water partition coefficient (Wildman–Crippen LogP) is 3.79. The number of nitriles is 1. The van der Waals surface area contributed by atoms with Gasteiger partial charge in [0, 0.05) is 30.8 Å². The highest BCUT2D eigenvalue weighted by Gasteiger charge is 2.24. The van der Waals surface area contributed by atoms with Crippen LogP contribution in [0.5, 0.6) is 5.75 Å². The van der Waals surface area contributed by atoms with Crippen molar-refractivity contribution in [1.82, 2.24) is 4.31 Å². The Morgan fingerprint density at radius 1 is 1.12 bits per heavy atom. The number of hydrogen-bond donors (Lipinski definition) is 1. The molecule has 3 aromatic carbocycles. The van der Waals surface area contributed by atoms with E-state index in [4.69, 9.17) is 9.84 Å². The Morgan fingerprint density at radius 2 is 1.85 bits per heavy atom. The summed E-state index contributed by atoms with van der Waals surface area (Å²) in [6.45, 7) is -1.12. The molecule has 7 nitrogen and oxygen atoms in total. The summed E-state index contributed by atoms with van der Waals surface area (Å²) in [4.78, 5) is 10.6. The molecule has 0 fully saturated rings. The second kappa shape index (κ2) is 9.77. The maximum Gasteiger partial charge on any atom is 0.341 e. The lowest BCUT2D eigenvalue weighted by Crippen LogP contribution is -2.27. The first-order valence-corrected chi connectivity index (χ1v) is 11.0. The van der Waals surface area contributed by atoms with Gasteiger partial charge in [0.1, 0.15) is 17.4 Å². The van der Waals surface area contributed by atoms with Crippen LogP contribution in [0.2, 0.25) is 0 Å². The molecule has 0 unspecified atom stereocenters. The van der Waals surface area contributed by atoms with Gasteiger partial charge in [-0.05, 0) is 42.0 Å². The topological polar surface area (TPSA) is 108 Å². The van der Waals surface area contributed by atoms with Crippen molar-refractivity contribution in [2.45, 2.75) is 11.4 Å². The second-order valence-electron chi connectivity index (χ2n) is 7.03. The number of benzene rings is 3. The zero-order chi connectivity index (χ0) is 24.2. The third-order valence-corrected chi connectivity index (χ3v) is 6.50. The first-order valence-electron chi connectivity index (χ1n) is 9.51. The van der Waals surface area contributed by atoms with Crippen molar-refractivity contribution in [3.05, 3.63) is 83.4 Å². The Morgan fingerprint density at radius 3 is 2.52 bits per heavy atom. The molecule has 0 aliphatic carbocycles. The molecule has 0 spiro atoms. The number of aliphatic carboxylic acids is 1. The summed E-state index contributed by atoms with van der Waals surface area (Å²) in [5, 5.41) is 18.1. The molecule has 3 rings (SSSR count). The van der Waals surface area contributed by atoms with E-state index in [1.54, 1.807) is 18.2 Å². The molecule has 0 radical (unpaired) electrons. The van der Waals surface area contributed by atoms with Gasteiger partial charge in [0.25, 0.3) is 0 Å². The van der Waals surface area contributed by atoms with Gasteiger partial charge in [-0.25, -0.2) is 22.0 Å². The number of carbonyl (C=O) groups is 1. The highest BCUT2D eigenvalue weighted by molar-refractivity contribution is 7.89. The van der Waals surface area contributed by atoms with Crippen molar-refractivity contribution in [3.63, 3.8) is 0 Å². The van der Waals surface area contributed by atoms with E-state index < -0.39 is 40.8 Å². The lowest BCUT2D eigenvalue weighted by atomic mass is 9.99. The zero-order valence-corrected chi connectivity index (χ0v) is 18.1. The Bertz CT molecular complexity index is 1350. The Kier molecular flexibility index (Phi) is 7.06. The van der Waals surface area contributed by atoms with Crippen molar-refractivity contribution < 1.29 is 31.8 Å². The largest absolute Gasteiger partial charge is 0.481 e. The Hall–Kier alpha value is -3.81. The predicted molar refractivity (Wildman–Crippen MR) is 115 cm³/mol. The smallest absolute Gasteiger partial charge is 0.341 e. The van der Waals surface area contributed by atoms with Crippen molar-refractivity contribution in [2.75, 3.05) is 13.7 Å². The fourth-order valence-electron chi connectivity index (χ4n) is 3.09. The molecule has 10 heteroatoms. The van der Waals surface area contributed by atoms with E-state index in [-0.39, 0.29) is 21.8 Å². The van der Waals surface area contributed by atoms with Crippen LogP contribution in [0.15, 0.2) is 65.6 Å². The fourth-order valence-corrected chi connectivity index (χ4v) is 4.28. The third-order valence-electron chi connectivity index (χ3n) is 4.70. The summed E-state index contributed by atoms with van der Waals surface area (Å²) in [5.74, 6) is -2.89. The average molecular weight is 472 g/mol. The van der Waals surface area contributed by atoms with Gasteiger partial charge in [0.05, 0.1) is 16.5 Å². The van der Waals surface area contributed by atoms with Crippen LogP contribution in [-0.2, 0) is 21.4 Å². The molecule has 0 heterocycles. The average Bonchev–Trinajstić information content (AvgIpc) is 2.78. The van der Waals surface area contributed by atoms with Crippen LogP contribution in [-0.4, -0.2) is 37.5 Å².